The number of carbonyl (C=O) groups is 1. The molecule has 5 heteroatoms. The van der Waals surface area contributed by atoms with Crippen molar-refractivity contribution in [3.05, 3.63) is 29.6 Å². The first-order chi connectivity index (χ1) is 9.10. The smallest absolute Gasteiger partial charge is 0.307 e. The molecule has 1 fully saturated rings. The lowest BCUT2D eigenvalue weighted by Crippen LogP contribution is -2.46. The zero-order chi connectivity index (χ0) is 13.8. The van der Waals surface area contributed by atoms with Crippen molar-refractivity contribution < 1.29 is 14.3 Å². The normalized spacial score (nSPS) is 16.6. The minimum absolute atomic E-state index is 0.138. The topological polar surface area (TPSA) is 43.8 Å². The first-order valence-electron chi connectivity index (χ1n) is 6.57. The number of aliphatic carboxylic acids is 1. The molecule has 104 valence electrons. The van der Waals surface area contributed by atoms with Crippen LogP contribution >= 0.6 is 0 Å². The van der Waals surface area contributed by atoms with Crippen molar-refractivity contribution in [3.63, 3.8) is 0 Å². The summed E-state index contributed by atoms with van der Waals surface area (Å²) in [5.74, 6) is -1.31. The second kappa shape index (κ2) is 6.02. The Morgan fingerprint density at radius 2 is 2.00 bits per heavy atom. The van der Waals surface area contributed by atoms with E-state index in [-0.39, 0.29) is 12.2 Å². The summed E-state index contributed by atoms with van der Waals surface area (Å²) >= 11 is 0. The average Bonchev–Trinajstić information content (AvgIpc) is 2.38. The third kappa shape index (κ3) is 3.44. The van der Waals surface area contributed by atoms with E-state index in [1.807, 2.05) is 0 Å². The summed E-state index contributed by atoms with van der Waals surface area (Å²) in [6.45, 7) is 6.78. The molecule has 1 aliphatic rings. The fourth-order valence-electron chi connectivity index (χ4n) is 2.47. The molecular formula is C14H19FN2O2. The van der Waals surface area contributed by atoms with Gasteiger partial charge in [0.1, 0.15) is 5.82 Å². The Morgan fingerprint density at radius 1 is 1.32 bits per heavy atom. The van der Waals surface area contributed by atoms with Crippen LogP contribution in [-0.4, -0.2) is 48.7 Å². The summed E-state index contributed by atoms with van der Waals surface area (Å²) in [6, 6.07) is 4.41. The van der Waals surface area contributed by atoms with Gasteiger partial charge in [0.25, 0.3) is 0 Å². The van der Waals surface area contributed by atoms with Gasteiger partial charge in [-0.25, -0.2) is 4.39 Å². The van der Waals surface area contributed by atoms with Crippen LogP contribution in [0.15, 0.2) is 18.2 Å². The molecule has 19 heavy (non-hydrogen) atoms. The van der Waals surface area contributed by atoms with Crippen molar-refractivity contribution in [2.45, 2.75) is 13.3 Å². The molecule has 0 saturated carbocycles. The first-order valence-corrected chi connectivity index (χ1v) is 6.57. The molecule has 0 unspecified atom stereocenters. The first kappa shape index (κ1) is 13.8. The van der Waals surface area contributed by atoms with Crippen molar-refractivity contribution in [3.8, 4) is 0 Å². The van der Waals surface area contributed by atoms with Gasteiger partial charge >= 0.3 is 5.97 Å². The summed E-state index contributed by atoms with van der Waals surface area (Å²) in [6.07, 6.45) is -0.138. The lowest BCUT2D eigenvalue weighted by atomic mass is 10.1. The van der Waals surface area contributed by atoms with Crippen molar-refractivity contribution >= 4 is 11.7 Å². The second-order valence-electron chi connectivity index (χ2n) is 4.76. The molecule has 0 atom stereocenters. The molecule has 1 aromatic carbocycles. The van der Waals surface area contributed by atoms with Crippen LogP contribution in [0.5, 0.6) is 0 Å². The van der Waals surface area contributed by atoms with Crippen molar-refractivity contribution in [2.24, 2.45) is 0 Å². The highest BCUT2D eigenvalue weighted by Crippen LogP contribution is 2.23. The lowest BCUT2D eigenvalue weighted by molar-refractivity contribution is -0.136. The number of piperazine rings is 1. The maximum absolute atomic E-state index is 13.3. The van der Waals surface area contributed by atoms with Crippen LogP contribution in [0.4, 0.5) is 10.1 Å². The number of rotatable bonds is 4. The predicted octanol–water partition coefficient (Wildman–Crippen LogP) is 1.59. The summed E-state index contributed by atoms with van der Waals surface area (Å²) < 4.78 is 13.3. The minimum Gasteiger partial charge on any atom is -0.481 e. The summed E-state index contributed by atoms with van der Waals surface area (Å²) in [5, 5.41) is 8.91. The number of carboxylic acids is 1. The van der Waals surface area contributed by atoms with Gasteiger partial charge < -0.3 is 14.9 Å². The van der Waals surface area contributed by atoms with Crippen molar-refractivity contribution in [2.75, 3.05) is 37.6 Å². The highest BCUT2D eigenvalue weighted by molar-refractivity contribution is 5.73. The molecule has 0 aromatic heterocycles. The molecule has 0 bridgehead atoms. The largest absolute Gasteiger partial charge is 0.481 e. The Morgan fingerprint density at radius 3 is 2.58 bits per heavy atom. The molecule has 2 rings (SSSR count). The Bertz CT molecular complexity index is 457. The van der Waals surface area contributed by atoms with Crippen LogP contribution in [0.25, 0.3) is 0 Å². The van der Waals surface area contributed by atoms with Gasteiger partial charge in [-0.2, -0.15) is 0 Å². The third-order valence-electron chi connectivity index (χ3n) is 3.54. The Kier molecular flexibility index (Phi) is 4.37. The summed E-state index contributed by atoms with van der Waals surface area (Å²) in [5.41, 5.74) is 1.40. The highest BCUT2D eigenvalue weighted by Gasteiger charge is 2.19. The van der Waals surface area contributed by atoms with E-state index in [9.17, 15) is 9.18 Å². The van der Waals surface area contributed by atoms with Gasteiger partial charge in [0.2, 0.25) is 0 Å². The highest BCUT2D eigenvalue weighted by atomic mass is 19.1. The maximum atomic E-state index is 13.3. The molecular weight excluding hydrogens is 247 g/mol. The van der Waals surface area contributed by atoms with Crippen LogP contribution in [0.1, 0.15) is 12.5 Å². The number of halogens is 1. The molecule has 4 nitrogen and oxygen atoms in total. The van der Waals surface area contributed by atoms with Crippen LogP contribution in [-0.2, 0) is 11.2 Å². The van der Waals surface area contributed by atoms with Gasteiger partial charge in [-0.1, -0.05) is 6.92 Å². The van der Waals surface area contributed by atoms with Gasteiger partial charge in [-0.05, 0) is 30.3 Å². The predicted molar refractivity (Wildman–Crippen MR) is 72.1 cm³/mol. The molecule has 1 N–H and O–H groups in total. The van der Waals surface area contributed by atoms with E-state index < -0.39 is 5.97 Å². The minimum atomic E-state index is -0.931. The molecule has 1 aliphatic heterocycles. The molecule has 0 spiro atoms. The second-order valence-corrected chi connectivity index (χ2v) is 4.76. The molecule has 0 aliphatic carbocycles. The van der Waals surface area contributed by atoms with Gasteiger partial charge in [0, 0.05) is 31.9 Å². The van der Waals surface area contributed by atoms with Gasteiger partial charge in [0.05, 0.1) is 6.42 Å². The Balaban J connectivity index is 2.17. The number of likely N-dealkylation sites (N-methyl/N-ethyl adjacent to an activating group) is 1. The number of anilines is 1. The maximum Gasteiger partial charge on any atom is 0.307 e. The Hall–Kier alpha value is -1.62. The lowest BCUT2D eigenvalue weighted by Gasteiger charge is -2.36. The van der Waals surface area contributed by atoms with Crippen LogP contribution < -0.4 is 4.90 Å². The van der Waals surface area contributed by atoms with Crippen LogP contribution in [0.2, 0.25) is 0 Å². The SMILES string of the molecule is CCN1CCN(c2ccc(F)cc2CC(=O)O)CC1. The quantitative estimate of drug-likeness (QED) is 0.899. The summed E-state index contributed by atoms with van der Waals surface area (Å²) in [4.78, 5) is 15.4. The van der Waals surface area contributed by atoms with Crippen molar-refractivity contribution in [1.29, 1.82) is 0 Å². The summed E-state index contributed by atoms with van der Waals surface area (Å²) in [7, 11) is 0. The Labute approximate surface area is 112 Å². The molecule has 1 saturated heterocycles. The van der Waals surface area contributed by atoms with Gasteiger partial charge in [-0.3, -0.25) is 4.79 Å². The number of carboxylic acid groups (broad SMARTS) is 1. The zero-order valence-electron chi connectivity index (χ0n) is 11.1. The van der Waals surface area contributed by atoms with E-state index in [1.165, 1.54) is 12.1 Å². The van der Waals surface area contributed by atoms with E-state index >= 15 is 0 Å². The monoisotopic (exact) mass is 266 g/mol. The molecule has 0 radical (unpaired) electrons. The fraction of sp³-hybridized carbons (Fsp3) is 0.500. The van der Waals surface area contributed by atoms with Crippen molar-refractivity contribution in [1.82, 2.24) is 4.90 Å². The number of nitrogens with zero attached hydrogens (tertiary/aromatic N) is 2. The van der Waals surface area contributed by atoms with E-state index in [2.05, 4.69) is 16.7 Å². The van der Waals surface area contributed by atoms with Crippen LogP contribution in [0, 0.1) is 5.82 Å². The zero-order valence-corrected chi connectivity index (χ0v) is 11.1. The van der Waals surface area contributed by atoms with Crippen LogP contribution in [0.3, 0.4) is 0 Å². The van der Waals surface area contributed by atoms with E-state index in [1.54, 1.807) is 6.07 Å². The number of hydrogen-bond acceptors (Lipinski definition) is 3. The molecule has 0 amide bonds. The van der Waals surface area contributed by atoms with Gasteiger partial charge in [0.15, 0.2) is 0 Å². The van der Waals surface area contributed by atoms with E-state index in [0.717, 1.165) is 38.4 Å². The standard InChI is InChI=1S/C14H19FN2O2/c1-2-16-5-7-17(8-6-16)13-4-3-12(15)9-11(13)10-14(18)19/h3-4,9H,2,5-8,10H2,1H3,(H,18,19). The van der Waals surface area contributed by atoms with E-state index in [0.29, 0.717) is 5.56 Å². The van der Waals surface area contributed by atoms with Gasteiger partial charge in [-0.15, -0.1) is 0 Å². The molecule has 1 aromatic rings. The number of benzene rings is 1. The average molecular weight is 266 g/mol. The van der Waals surface area contributed by atoms with E-state index in [4.69, 9.17) is 5.11 Å². The molecule has 1 heterocycles. The fourth-order valence-corrected chi connectivity index (χ4v) is 2.47. The number of hydrogen-bond donors (Lipinski definition) is 1. The third-order valence-corrected chi connectivity index (χ3v) is 3.54.